The Morgan fingerprint density at radius 2 is 2.28 bits per heavy atom. The van der Waals surface area contributed by atoms with E-state index in [9.17, 15) is 9.50 Å². The molecule has 2 unspecified atom stereocenters. The van der Waals surface area contributed by atoms with Crippen molar-refractivity contribution in [1.29, 1.82) is 0 Å². The molecule has 4 rings (SSSR count). The Hall–Kier alpha value is -1.05. The normalized spacial score (nSPS) is 38.8. The smallest absolute Gasteiger partial charge is 0.123 e. The van der Waals surface area contributed by atoms with Crippen molar-refractivity contribution in [2.75, 3.05) is 26.7 Å². The van der Waals surface area contributed by atoms with Gasteiger partial charge in [-0.05, 0) is 43.4 Å². The molecule has 5 atom stereocenters. The Labute approximate surface area is 148 Å². The van der Waals surface area contributed by atoms with Crippen molar-refractivity contribution >= 4 is 0 Å². The highest BCUT2D eigenvalue weighted by Gasteiger charge is 2.51. The van der Waals surface area contributed by atoms with Crippen LogP contribution >= 0.6 is 0 Å². The highest BCUT2D eigenvalue weighted by molar-refractivity contribution is 5.22. The Morgan fingerprint density at radius 1 is 1.40 bits per heavy atom. The van der Waals surface area contributed by atoms with Gasteiger partial charge in [0.15, 0.2) is 0 Å². The fourth-order valence-electron chi connectivity index (χ4n) is 5.05. The predicted octanol–water partition coefficient (Wildman–Crippen LogP) is 1.60. The van der Waals surface area contributed by atoms with E-state index < -0.39 is 0 Å². The van der Waals surface area contributed by atoms with Crippen molar-refractivity contribution in [1.82, 2.24) is 15.8 Å². The number of nitrogens with zero attached hydrogens (tertiary/aromatic N) is 1. The largest absolute Gasteiger partial charge is 0.393 e. The molecule has 6 heteroatoms. The fourth-order valence-corrected chi connectivity index (χ4v) is 5.05. The Bertz CT molecular complexity index is 616. The zero-order valence-corrected chi connectivity index (χ0v) is 14.7. The molecule has 3 fully saturated rings. The first-order chi connectivity index (χ1) is 12.1. The molecule has 0 amide bonds. The van der Waals surface area contributed by atoms with Gasteiger partial charge in [-0.15, -0.1) is 0 Å². The second kappa shape index (κ2) is 6.93. The van der Waals surface area contributed by atoms with Gasteiger partial charge in [-0.25, -0.2) is 9.82 Å². The van der Waals surface area contributed by atoms with Crippen molar-refractivity contribution in [3.8, 4) is 0 Å². The van der Waals surface area contributed by atoms with E-state index in [1.165, 1.54) is 6.07 Å². The van der Waals surface area contributed by atoms with E-state index in [-0.39, 0.29) is 29.6 Å². The summed E-state index contributed by atoms with van der Waals surface area (Å²) in [4.78, 5) is 2.48. The van der Waals surface area contributed by atoms with E-state index in [4.69, 9.17) is 4.74 Å². The number of halogens is 1. The zero-order valence-electron chi connectivity index (χ0n) is 14.7. The van der Waals surface area contributed by atoms with Gasteiger partial charge in [0, 0.05) is 38.7 Å². The molecule has 0 aromatic heterocycles. The maximum Gasteiger partial charge on any atom is 0.123 e. The van der Waals surface area contributed by atoms with Crippen LogP contribution < -0.4 is 10.9 Å². The molecule has 0 radical (unpaired) electrons. The molecule has 5 nitrogen and oxygen atoms in total. The number of aliphatic hydroxyl groups is 1. The minimum atomic E-state index is -0.229. The van der Waals surface area contributed by atoms with E-state index in [2.05, 4.69) is 15.8 Å². The van der Waals surface area contributed by atoms with Crippen molar-refractivity contribution in [2.24, 2.45) is 5.92 Å². The summed E-state index contributed by atoms with van der Waals surface area (Å²) in [5.74, 6) is 0.161. The number of aliphatic hydroxyl groups excluding tert-OH is 1. The number of likely N-dealkylation sites (tertiary alicyclic amines) is 1. The van der Waals surface area contributed by atoms with E-state index in [0.717, 1.165) is 50.9 Å². The van der Waals surface area contributed by atoms with Gasteiger partial charge < -0.3 is 9.84 Å². The first-order valence-electron chi connectivity index (χ1n) is 9.32. The van der Waals surface area contributed by atoms with Crippen molar-refractivity contribution < 1.29 is 14.2 Å². The van der Waals surface area contributed by atoms with E-state index in [1.54, 1.807) is 12.1 Å². The zero-order chi connectivity index (χ0) is 17.4. The molecule has 2 saturated heterocycles. The van der Waals surface area contributed by atoms with Crippen LogP contribution in [0.25, 0.3) is 0 Å². The highest BCUT2D eigenvalue weighted by atomic mass is 19.1. The average Bonchev–Trinajstić information content (AvgIpc) is 3.21. The quantitative estimate of drug-likeness (QED) is 0.771. The minimum Gasteiger partial charge on any atom is -0.393 e. The molecule has 1 aromatic rings. The van der Waals surface area contributed by atoms with Gasteiger partial charge >= 0.3 is 0 Å². The molecule has 1 aliphatic carbocycles. The number of hydrogen-bond acceptors (Lipinski definition) is 5. The summed E-state index contributed by atoms with van der Waals surface area (Å²) >= 11 is 0. The van der Waals surface area contributed by atoms with Gasteiger partial charge in [-0.1, -0.05) is 12.1 Å². The van der Waals surface area contributed by atoms with Gasteiger partial charge in [0.25, 0.3) is 0 Å². The van der Waals surface area contributed by atoms with Crippen LogP contribution in [-0.2, 0) is 4.74 Å². The molecular weight excluding hydrogens is 321 g/mol. The minimum absolute atomic E-state index is 0.0989. The standard InChI is InChI=1S/C19H28FN3O2/c1-25-19-6-5-16(24)10-17(19)23(8-7-19)12-14-11-21-22-18(14)13-3-2-4-15(20)9-13/h2-4,9,14,16-18,21-22,24H,5-8,10-12H2,1H3/t14?,16-,17-,18?,19+/m0/s1. The molecule has 1 saturated carbocycles. The van der Waals surface area contributed by atoms with Crippen LogP contribution in [0.1, 0.15) is 37.3 Å². The van der Waals surface area contributed by atoms with E-state index in [1.807, 2.05) is 13.2 Å². The number of ether oxygens (including phenoxy) is 1. The number of fused-ring (bicyclic) bond motifs is 1. The molecule has 2 aliphatic heterocycles. The monoisotopic (exact) mass is 349 g/mol. The number of methoxy groups -OCH3 is 1. The van der Waals surface area contributed by atoms with Gasteiger partial charge in [0.2, 0.25) is 0 Å². The van der Waals surface area contributed by atoms with Gasteiger partial charge in [-0.2, -0.15) is 0 Å². The Kier molecular flexibility index (Phi) is 4.81. The predicted molar refractivity (Wildman–Crippen MR) is 93.3 cm³/mol. The number of hydrazine groups is 1. The highest BCUT2D eigenvalue weighted by Crippen LogP contribution is 2.43. The van der Waals surface area contributed by atoms with Crippen LogP contribution in [0.4, 0.5) is 4.39 Å². The molecule has 2 heterocycles. The molecule has 1 aromatic carbocycles. The summed E-state index contributed by atoms with van der Waals surface area (Å²) in [6, 6.07) is 7.22. The fraction of sp³-hybridized carbons (Fsp3) is 0.684. The molecule has 0 bridgehead atoms. The third-order valence-electron chi connectivity index (χ3n) is 6.44. The second-order valence-electron chi connectivity index (χ2n) is 7.78. The lowest BCUT2D eigenvalue weighted by Crippen LogP contribution is -2.52. The molecule has 0 spiro atoms. The van der Waals surface area contributed by atoms with Gasteiger partial charge in [0.05, 0.1) is 17.7 Å². The number of nitrogens with one attached hydrogen (secondary N) is 2. The summed E-state index contributed by atoms with van der Waals surface area (Å²) in [7, 11) is 1.81. The molecule has 25 heavy (non-hydrogen) atoms. The molecule has 3 N–H and O–H groups in total. The third kappa shape index (κ3) is 3.22. The lowest BCUT2D eigenvalue weighted by molar-refractivity contribution is -0.0882. The second-order valence-corrected chi connectivity index (χ2v) is 7.78. The number of hydrogen-bond donors (Lipinski definition) is 3. The maximum absolute atomic E-state index is 13.6. The number of rotatable bonds is 4. The maximum atomic E-state index is 13.6. The van der Waals surface area contributed by atoms with Gasteiger partial charge in [-0.3, -0.25) is 10.3 Å². The van der Waals surface area contributed by atoms with Crippen LogP contribution in [-0.4, -0.2) is 54.5 Å². The Balaban J connectivity index is 1.49. The third-order valence-corrected chi connectivity index (χ3v) is 6.44. The summed E-state index contributed by atoms with van der Waals surface area (Å²) in [6.07, 6.45) is 3.34. The average molecular weight is 349 g/mol. The van der Waals surface area contributed by atoms with Crippen molar-refractivity contribution in [3.05, 3.63) is 35.6 Å². The van der Waals surface area contributed by atoms with Crippen LogP contribution in [0.2, 0.25) is 0 Å². The van der Waals surface area contributed by atoms with Crippen LogP contribution in [0, 0.1) is 11.7 Å². The van der Waals surface area contributed by atoms with Crippen molar-refractivity contribution in [3.63, 3.8) is 0 Å². The first-order valence-corrected chi connectivity index (χ1v) is 9.32. The Morgan fingerprint density at radius 3 is 3.08 bits per heavy atom. The summed E-state index contributed by atoms with van der Waals surface area (Å²) in [5.41, 5.74) is 7.42. The lowest BCUT2D eigenvalue weighted by atomic mass is 9.79. The molecule has 3 aliphatic rings. The van der Waals surface area contributed by atoms with Crippen molar-refractivity contribution in [2.45, 2.75) is 49.5 Å². The van der Waals surface area contributed by atoms with Crippen LogP contribution in [0.15, 0.2) is 24.3 Å². The van der Waals surface area contributed by atoms with Crippen LogP contribution in [0.5, 0.6) is 0 Å². The van der Waals surface area contributed by atoms with Crippen LogP contribution in [0.3, 0.4) is 0 Å². The van der Waals surface area contributed by atoms with Gasteiger partial charge in [0.1, 0.15) is 5.82 Å². The van der Waals surface area contributed by atoms with E-state index >= 15 is 0 Å². The first kappa shape index (κ1) is 17.4. The summed E-state index contributed by atoms with van der Waals surface area (Å²) in [6.45, 7) is 2.77. The molecular formula is C19H28FN3O2. The lowest BCUT2D eigenvalue weighted by Gasteiger charge is -2.43. The summed E-state index contributed by atoms with van der Waals surface area (Å²) < 4.78 is 19.5. The summed E-state index contributed by atoms with van der Waals surface area (Å²) in [5, 5.41) is 10.2. The SMILES string of the molecule is CO[C@@]12CC[C@H](O)C[C@@H]1N(CC1CNNC1c1cccc(F)c1)CC2. The molecule has 138 valence electrons. The topological polar surface area (TPSA) is 56.8 Å². The number of benzene rings is 1. The van der Waals surface area contributed by atoms with E-state index in [0.29, 0.717) is 5.92 Å².